The summed E-state index contributed by atoms with van der Waals surface area (Å²) in [5, 5.41) is 11.9. The molecule has 0 aliphatic carbocycles. The van der Waals surface area contributed by atoms with Crippen LogP contribution in [0, 0.1) is 18.6 Å². The van der Waals surface area contributed by atoms with E-state index in [4.69, 9.17) is 4.74 Å². The number of thiazole rings is 1. The van der Waals surface area contributed by atoms with E-state index in [2.05, 4.69) is 18.8 Å². The lowest BCUT2D eigenvalue weighted by Gasteiger charge is -2.02. The smallest absolute Gasteiger partial charge is 0.201 e. The second kappa shape index (κ2) is 11.1. The van der Waals surface area contributed by atoms with E-state index in [0.29, 0.717) is 5.69 Å². The molecule has 134 valence electrons. The number of rotatable bonds is 7. The molecule has 3 nitrogen and oxygen atoms in total. The molecule has 6 heteroatoms. The lowest BCUT2D eigenvalue weighted by molar-refractivity contribution is 0.131. The molecule has 0 aliphatic rings. The van der Waals surface area contributed by atoms with Crippen LogP contribution in [0.25, 0.3) is 11.3 Å². The molecule has 0 saturated carbocycles. The number of nitrogens with zero attached hydrogens (tertiary/aromatic N) is 1. The fraction of sp³-hybridized carbons (Fsp3) is 0.500. The summed E-state index contributed by atoms with van der Waals surface area (Å²) in [4.78, 5) is 4.08. The summed E-state index contributed by atoms with van der Waals surface area (Å²) in [5.41, 5.74) is 0.659. The van der Waals surface area contributed by atoms with Crippen molar-refractivity contribution in [3.05, 3.63) is 34.2 Å². The molecular weight excluding hydrogens is 332 g/mol. The molecule has 0 radical (unpaired) electrons. The minimum absolute atomic E-state index is 0.207. The van der Waals surface area contributed by atoms with E-state index < -0.39 is 17.4 Å². The molecule has 0 saturated heterocycles. The van der Waals surface area contributed by atoms with Gasteiger partial charge in [0, 0.05) is 24.2 Å². The summed E-state index contributed by atoms with van der Waals surface area (Å²) in [6, 6.07) is 2.28. The number of aryl methyl sites for hydroxylation is 1. The first-order valence-corrected chi connectivity index (χ1v) is 9.06. The van der Waals surface area contributed by atoms with Gasteiger partial charge in [-0.2, -0.15) is 4.39 Å². The fourth-order valence-electron chi connectivity index (χ4n) is 1.93. The highest BCUT2D eigenvalue weighted by atomic mass is 32.1. The Morgan fingerprint density at radius 1 is 1.12 bits per heavy atom. The van der Waals surface area contributed by atoms with Gasteiger partial charge in [0.2, 0.25) is 5.82 Å². The Kier molecular flexibility index (Phi) is 9.49. The van der Waals surface area contributed by atoms with Crippen molar-refractivity contribution >= 4 is 11.3 Å². The normalized spacial score (nSPS) is 10.4. The molecule has 1 aromatic heterocycles. The average Bonchev–Trinajstić information content (AvgIpc) is 2.99. The second-order valence-electron chi connectivity index (χ2n) is 5.33. The Labute approximate surface area is 146 Å². The summed E-state index contributed by atoms with van der Waals surface area (Å²) < 4.78 is 31.0. The van der Waals surface area contributed by atoms with E-state index in [9.17, 15) is 13.9 Å². The van der Waals surface area contributed by atoms with Crippen LogP contribution in [-0.4, -0.2) is 23.3 Å². The van der Waals surface area contributed by atoms with Crippen LogP contribution in [0.2, 0.25) is 0 Å². The highest BCUT2D eigenvalue weighted by Crippen LogP contribution is 2.32. The van der Waals surface area contributed by atoms with Crippen LogP contribution in [0.15, 0.2) is 17.5 Å². The predicted octanol–water partition coefficient (Wildman–Crippen LogP) is 5.71. The Bertz CT molecular complexity index is 611. The molecule has 2 rings (SSSR count). The summed E-state index contributed by atoms with van der Waals surface area (Å²) in [6.45, 7) is 8.04. The van der Waals surface area contributed by atoms with Crippen LogP contribution in [0.5, 0.6) is 5.75 Å². The SMILES string of the molecule is CCCCCOCCC.Cc1nc(-c2ccc(F)c(F)c2O)cs1. The molecule has 0 fully saturated rings. The number of aromatic nitrogens is 1. The molecule has 1 N–H and O–H groups in total. The van der Waals surface area contributed by atoms with Crippen molar-refractivity contribution in [3.8, 4) is 17.0 Å². The van der Waals surface area contributed by atoms with E-state index in [-0.39, 0.29) is 5.56 Å². The second-order valence-corrected chi connectivity index (χ2v) is 6.39. The van der Waals surface area contributed by atoms with Crippen LogP contribution in [0.1, 0.15) is 44.5 Å². The van der Waals surface area contributed by atoms with Gasteiger partial charge in [-0.15, -0.1) is 11.3 Å². The Balaban J connectivity index is 0.000000277. The van der Waals surface area contributed by atoms with Crippen LogP contribution in [-0.2, 0) is 4.74 Å². The van der Waals surface area contributed by atoms with Crippen LogP contribution in [0.4, 0.5) is 8.78 Å². The van der Waals surface area contributed by atoms with Crippen LogP contribution in [0.3, 0.4) is 0 Å². The quantitative estimate of drug-likeness (QED) is 0.646. The molecular formula is C18H25F2NO2S. The monoisotopic (exact) mass is 357 g/mol. The Hall–Kier alpha value is -1.53. The number of phenols is 1. The van der Waals surface area contributed by atoms with Gasteiger partial charge >= 0.3 is 0 Å². The van der Waals surface area contributed by atoms with E-state index in [1.165, 1.54) is 36.7 Å². The summed E-state index contributed by atoms with van der Waals surface area (Å²) in [7, 11) is 0. The molecule has 2 aromatic rings. The maximum atomic E-state index is 13.0. The predicted molar refractivity (Wildman–Crippen MR) is 94.5 cm³/mol. The third-order valence-electron chi connectivity index (χ3n) is 3.20. The number of unbranched alkanes of at least 4 members (excludes halogenated alkanes) is 2. The molecule has 0 aliphatic heterocycles. The van der Waals surface area contributed by atoms with Crippen molar-refractivity contribution in [2.45, 2.75) is 46.5 Å². The minimum Gasteiger partial charge on any atom is -0.504 e. The molecule has 0 amide bonds. The summed E-state index contributed by atoms with van der Waals surface area (Å²) >= 11 is 1.38. The zero-order valence-electron chi connectivity index (χ0n) is 14.4. The molecule has 0 spiro atoms. The number of hydrogen-bond donors (Lipinski definition) is 1. The van der Waals surface area contributed by atoms with Gasteiger partial charge < -0.3 is 9.84 Å². The van der Waals surface area contributed by atoms with Gasteiger partial charge in [0.15, 0.2) is 11.6 Å². The Morgan fingerprint density at radius 3 is 2.46 bits per heavy atom. The number of phenolic OH excluding ortho intramolecular Hbond substituents is 1. The maximum Gasteiger partial charge on any atom is 0.201 e. The van der Waals surface area contributed by atoms with Crippen molar-refractivity contribution in [2.24, 2.45) is 0 Å². The maximum absolute atomic E-state index is 13.0. The molecule has 0 atom stereocenters. The molecule has 1 heterocycles. The van der Waals surface area contributed by atoms with Gasteiger partial charge in [0.05, 0.1) is 10.7 Å². The van der Waals surface area contributed by atoms with Gasteiger partial charge in [-0.3, -0.25) is 0 Å². The van der Waals surface area contributed by atoms with Gasteiger partial charge in [-0.1, -0.05) is 26.7 Å². The lowest BCUT2D eigenvalue weighted by atomic mass is 10.1. The zero-order chi connectivity index (χ0) is 17.9. The highest BCUT2D eigenvalue weighted by molar-refractivity contribution is 7.09. The molecule has 0 unspecified atom stereocenters. The first-order chi connectivity index (χ1) is 11.5. The molecule has 1 aromatic carbocycles. The Morgan fingerprint density at radius 2 is 1.88 bits per heavy atom. The van der Waals surface area contributed by atoms with Crippen molar-refractivity contribution in [2.75, 3.05) is 13.2 Å². The highest BCUT2D eigenvalue weighted by Gasteiger charge is 2.15. The first-order valence-electron chi connectivity index (χ1n) is 8.18. The topological polar surface area (TPSA) is 42.4 Å². The van der Waals surface area contributed by atoms with Crippen molar-refractivity contribution in [3.63, 3.8) is 0 Å². The lowest BCUT2D eigenvalue weighted by Crippen LogP contribution is -1.94. The zero-order valence-corrected chi connectivity index (χ0v) is 15.3. The van der Waals surface area contributed by atoms with Crippen molar-refractivity contribution < 1.29 is 18.6 Å². The molecule has 0 bridgehead atoms. The average molecular weight is 357 g/mol. The van der Waals surface area contributed by atoms with E-state index in [1.54, 1.807) is 12.3 Å². The number of hydrogen-bond acceptors (Lipinski definition) is 4. The summed E-state index contributed by atoms with van der Waals surface area (Å²) in [6.07, 6.45) is 4.97. The van der Waals surface area contributed by atoms with Crippen molar-refractivity contribution in [1.29, 1.82) is 0 Å². The third kappa shape index (κ3) is 6.53. The van der Waals surface area contributed by atoms with Gasteiger partial charge in [0.1, 0.15) is 0 Å². The minimum atomic E-state index is -1.24. The standard InChI is InChI=1S/C10H7F2NOS.C8H18O/c1-5-13-8(4-15-5)6-2-3-7(11)9(12)10(6)14;1-3-5-6-8-9-7-4-2/h2-4,14H,1H3;3-8H2,1-2H3. The first kappa shape index (κ1) is 20.5. The van der Waals surface area contributed by atoms with E-state index >= 15 is 0 Å². The van der Waals surface area contributed by atoms with Crippen LogP contribution >= 0.6 is 11.3 Å². The number of ether oxygens (including phenoxy) is 1. The molecule has 24 heavy (non-hydrogen) atoms. The number of halogens is 2. The van der Waals surface area contributed by atoms with Crippen LogP contribution < -0.4 is 0 Å². The van der Waals surface area contributed by atoms with E-state index in [1.807, 2.05) is 0 Å². The van der Waals surface area contributed by atoms with Crippen molar-refractivity contribution in [1.82, 2.24) is 4.98 Å². The fourth-order valence-corrected chi connectivity index (χ4v) is 2.55. The van der Waals surface area contributed by atoms with Gasteiger partial charge in [-0.05, 0) is 31.9 Å². The number of aromatic hydroxyl groups is 1. The third-order valence-corrected chi connectivity index (χ3v) is 3.98. The summed E-state index contributed by atoms with van der Waals surface area (Å²) in [5.74, 6) is -3.00. The number of benzene rings is 1. The van der Waals surface area contributed by atoms with Gasteiger partial charge in [0.25, 0.3) is 0 Å². The largest absolute Gasteiger partial charge is 0.504 e. The van der Waals surface area contributed by atoms with Gasteiger partial charge in [-0.25, -0.2) is 9.37 Å². The van der Waals surface area contributed by atoms with E-state index in [0.717, 1.165) is 30.7 Å².